The second-order valence-corrected chi connectivity index (χ2v) is 11.9. The maximum Gasteiger partial charge on any atom is 0.337 e. The first-order valence-electron chi connectivity index (χ1n) is 11.4. The van der Waals surface area contributed by atoms with Gasteiger partial charge in [0.15, 0.2) is 0 Å². The number of carbonyl (C=O) groups excluding carboxylic acids is 1. The molecule has 0 saturated heterocycles. The molecule has 1 spiro atoms. The molecule has 1 heterocycles. The number of carboxylic acids is 1. The molecular formula is C26H22BrFN2O5S. The predicted molar refractivity (Wildman–Crippen MR) is 137 cm³/mol. The third-order valence-corrected chi connectivity index (χ3v) is 9.24. The van der Waals surface area contributed by atoms with Crippen LogP contribution in [0.25, 0.3) is 0 Å². The first-order valence-corrected chi connectivity index (χ1v) is 13.6. The number of rotatable bonds is 5. The average molecular weight is 573 g/mol. The Morgan fingerprint density at radius 1 is 1.00 bits per heavy atom. The lowest BCUT2D eigenvalue weighted by Crippen LogP contribution is -2.35. The number of anilines is 2. The van der Waals surface area contributed by atoms with Crippen LogP contribution >= 0.6 is 15.9 Å². The molecule has 0 bridgehead atoms. The zero-order valence-corrected chi connectivity index (χ0v) is 21.4. The van der Waals surface area contributed by atoms with Crippen molar-refractivity contribution < 1.29 is 27.5 Å². The van der Waals surface area contributed by atoms with Gasteiger partial charge in [0.2, 0.25) is 0 Å². The van der Waals surface area contributed by atoms with E-state index >= 15 is 0 Å². The van der Waals surface area contributed by atoms with Gasteiger partial charge in [-0.2, -0.15) is 0 Å². The van der Waals surface area contributed by atoms with E-state index < -0.39 is 27.7 Å². The third kappa shape index (κ3) is 4.18. The van der Waals surface area contributed by atoms with Crippen LogP contribution in [-0.4, -0.2) is 31.9 Å². The fourth-order valence-corrected chi connectivity index (χ4v) is 7.12. The summed E-state index contributed by atoms with van der Waals surface area (Å²) in [6.45, 7) is 0.262. The number of carbonyl (C=O) groups is 2. The quantitative estimate of drug-likeness (QED) is 0.416. The minimum atomic E-state index is -4.00. The van der Waals surface area contributed by atoms with E-state index in [1.807, 2.05) is 0 Å². The Morgan fingerprint density at radius 2 is 1.69 bits per heavy atom. The predicted octanol–water partition coefficient (Wildman–Crippen LogP) is 5.56. The fourth-order valence-electron chi connectivity index (χ4n) is 5.20. The van der Waals surface area contributed by atoms with Crippen LogP contribution in [0.3, 0.4) is 0 Å². The fraction of sp³-hybridized carbons (Fsp3) is 0.231. The van der Waals surface area contributed by atoms with E-state index in [0.29, 0.717) is 10.2 Å². The highest BCUT2D eigenvalue weighted by atomic mass is 79.9. The van der Waals surface area contributed by atoms with Crippen LogP contribution in [0, 0.1) is 5.82 Å². The zero-order chi connectivity index (χ0) is 25.7. The van der Waals surface area contributed by atoms with Gasteiger partial charge < -0.3 is 10.4 Å². The van der Waals surface area contributed by atoms with Gasteiger partial charge >= 0.3 is 5.97 Å². The minimum absolute atomic E-state index is 0.0147. The molecule has 1 aliphatic carbocycles. The topological polar surface area (TPSA) is 104 Å². The summed E-state index contributed by atoms with van der Waals surface area (Å²) in [5.74, 6) is -2.28. The maximum atomic E-state index is 14.1. The van der Waals surface area contributed by atoms with Gasteiger partial charge in [-0.15, -0.1) is 0 Å². The molecule has 1 amide bonds. The Morgan fingerprint density at radius 3 is 2.36 bits per heavy atom. The summed E-state index contributed by atoms with van der Waals surface area (Å²) in [5, 5.41) is 12.0. The van der Waals surface area contributed by atoms with Crippen molar-refractivity contribution in [3.8, 4) is 0 Å². The van der Waals surface area contributed by atoms with Crippen molar-refractivity contribution in [1.29, 1.82) is 0 Å². The number of nitrogens with one attached hydrogen (secondary N) is 1. The Labute approximate surface area is 216 Å². The average Bonchev–Trinajstić information content (AvgIpc) is 3.45. The number of benzene rings is 3. The standard InChI is InChI=1S/C26H22BrFN2O5S/c27-17-5-10-22(20(13-17)25(32)33)29-24(31)16-3-7-19(8-4-16)36(34,35)30-15-26(11-1-2-12-26)21-9-6-18(28)14-23(21)30/h3-10,13-14H,1-2,11-12,15H2,(H,29,31)(H,32,33). The number of amides is 1. The summed E-state index contributed by atoms with van der Waals surface area (Å²) < 4.78 is 43.2. The monoisotopic (exact) mass is 572 g/mol. The number of hydrogen-bond donors (Lipinski definition) is 2. The van der Waals surface area contributed by atoms with Gasteiger partial charge in [-0.3, -0.25) is 9.10 Å². The Kier molecular flexibility index (Phi) is 6.12. The van der Waals surface area contributed by atoms with Crippen LogP contribution in [0.2, 0.25) is 0 Å². The van der Waals surface area contributed by atoms with Crippen LogP contribution < -0.4 is 9.62 Å². The number of carboxylic acid groups (broad SMARTS) is 1. The largest absolute Gasteiger partial charge is 0.478 e. The summed E-state index contributed by atoms with van der Waals surface area (Å²) in [7, 11) is -4.00. The van der Waals surface area contributed by atoms with Crippen molar-refractivity contribution in [3.63, 3.8) is 0 Å². The second kappa shape index (κ2) is 9.01. The number of sulfonamides is 1. The van der Waals surface area contributed by atoms with E-state index in [2.05, 4.69) is 21.2 Å². The lowest BCUT2D eigenvalue weighted by molar-refractivity contribution is 0.0698. The van der Waals surface area contributed by atoms with E-state index in [0.717, 1.165) is 31.2 Å². The van der Waals surface area contributed by atoms with Crippen LogP contribution in [0.5, 0.6) is 0 Å². The summed E-state index contributed by atoms with van der Waals surface area (Å²) >= 11 is 3.21. The van der Waals surface area contributed by atoms with Gasteiger partial charge in [0, 0.05) is 22.0 Å². The van der Waals surface area contributed by atoms with E-state index in [-0.39, 0.29) is 33.7 Å². The first-order chi connectivity index (χ1) is 17.1. The van der Waals surface area contributed by atoms with Gasteiger partial charge in [-0.05, 0) is 73.0 Å². The van der Waals surface area contributed by atoms with Crippen molar-refractivity contribution in [1.82, 2.24) is 0 Å². The Bertz CT molecular complexity index is 1480. The van der Waals surface area contributed by atoms with Gasteiger partial charge in [-0.1, -0.05) is 34.8 Å². The maximum absolute atomic E-state index is 14.1. The highest BCUT2D eigenvalue weighted by Crippen LogP contribution is 2.52. The molecule has 5 rings (SSSR count). The van der Waals surface area contributed by atoms with E-state index in [1.54, 1.807) is 12.1 Å². The number of fused-ring (bicyclic) bond motifs is 2. The van der Waals surface area contributed by atoms with Crippen LogP contribution in [0.15, 0.2) is 70.0 Å². The van der Waals surface area contributed by atoms with Gasteiger partial charge in [0.25, 0.3) is 15.9 Å². The molecule has 0 atom stereocenters. The van der Waals surface area contributed by atoms with Crippen LogP contribution in [-0.2, 0) is 15.4 Å². The zero-order valence-electron chi connectivity index (χ0n) is 19.0. The van der Waals surface area contributed by atoms with E-state index in [1.165, 1.54) is 52.8 Å². The molecule has 0 aromatic heterocycles. The smallest absolute Gasteiger partial charge is 0.337 e. The van der Waals surface area contributed by atoms with Crippen molar-refractivity contribution in [2.75, 3.05) is 16.2 Å². The van der Waals surface area contributed by atoms with Gasteiger partial charge in [0.1, 0.15) is 5.82 Å². The molecule has 0 unspecified atom stereocenters. The number of halogens is 2. The van der Waals surface area contributed by atoms with Crippen molar-refractivity contribution >= 4 is 49.2 Å². The van der Waals surface area contributed by atoms with Gasteiger partial charge in [-0.25, -0.2) is 17.6 Å². The molecule has 7 nitrogen and oxygen atoms in total. The highest BCUT2D eigenvalue weighted by Gasteiger charge is 2.48. The van der Waals surface area contributed by atoms with Crippen LogP contribution in [0.1, 0.15) is 52.0 Å². The summed E-state index contributed by atoms with van der Waals surface area (Å²) in [6.07, 6.45) is 3.70. The molecule has 36 heavy (non-hydrogen) atoms. The number of nitrogens with zero attached hydrogens (tertiary/aromatic N) is 1. The second-order valence-electron chi connectivity index (χ2n) is 9.13. The Hall–Kier alpha value is -3.24. The normalized spacial score (nSPS) is 16.2. The SMILES string of the molecule is O=C(Nc1ccc(Br)cc1C(=O)O)c1ccc(S(=O)(=O)N2CC3(CCCC3)c3ccc(F)cc32)cc1. The van der Waals surface area contributed by atoms with Crippen molar-refractivity contribution in [2.24, 2.45) is 0 Å². The lowest BCUT2D eigenvalue weighted by atomic mass is 9.81. The van der Waals surface area contributed by atoms with E-state index in [9.17, 15) is 27.5 Å². The molecule has 10 heteroatoms. The molecule has 3 aromatic carbocycles. The Balaban J connectivity index is 1.42. The minimum Gasteiger partial charge on any atom is -0.478 e. The molecule has 2 aliphatic rings. The molecule has 0 radical (unpaired) electrons. The molecule has 1 aliphatic heterocycles. The molecule has 3 aromatic rings. The molecule has 1 fully saturated rings. The third-order valence-electron chi connectivity index (χ3n) is 6.97. The van der Waals surface area contributed by atoms with Gasteiger partial charge in [0.05, 0.1) is 21.8 Å². The highest BCUT2D eigenvalue weighted by molar-refractivity contribution is 9.10. The van der Waals surface area contributed by atoms with E-state index in [4.69, 9.17) is 0 Å². The number of hydrogen-bond acceptors (Lipinski definition) is 4. The first kappa shape index (κ1) is 24.5. The van der Waals surface area contributed by atoms with Crippen LogP contribution in [0.4, 0.5) is 15.8 Å². The molecule has 2 N–H and O–H groups in total. The lowest BCUT2D eigenvalue weighted by Gasteiger charge is -2.25. The number of aromatic carboxylic acids is 1. The summed E-state index contributed by atoms with van der Waals surface area (Å²) in [4.78, 5) is 24.2. The van der Waals surface area contributed by atoms with Crippen molar-refractivity contribution in [2.45, 2.75) is 36.0 Å². The molecule has 186 valence electrons. The molecular weight excluding hydrogens is 551 g/mol. The van der Waals surface area contributed by atoms with Crippen molar-refractivity contribution in [3.05, 3.63) is 87.6 Å². The summed E-state index contributed by atoms with van der Waals surface area (Å²) in [6, 6.07) is 14.2. The summed E-state index contributed by atoms with van der Waals surface area (Å²) in [5.41, 5.74) is 1.12. The molecule has 1 saturated carbocycles.